The molecule has 28 heavy (non-hydrogen) atoms. The summed E-state index contributed by atoms with van der Waals surface area (Å²) in [5, 5.41) is 15.0. The molecule has 0 amide bonds. The number of likely N-dealkylation sites (tertiary alicyclic amines) is 1. The number of nitro groups is 1. The van der Waals surface area contributed by atoms with Gasteiger partial charge < -0.3 is 10.6 Å². The summed E-state index contributed by atoms with van der Waals surface area (Å²) in [6.45, 7) is 5.02. The van der Waals surface area contributed by atoms with Crippen molar-refractivity contribution in [3.63, 3.8) is 0 Å². The molecule has 0 aromatic heterocycles. The van der Waals surface area contributed by atoms with Gasteiger partial charge in [0.25, 0.3) is 5.69 Å². The lowest BCUT2D eigenvalue weighted by molar-refractivity contribution is -0.385. The molecule has 2 aromatic rings. The summed E-state index contributed by atoms with van der Waals surface area (Å²) in [6.07, 6.45) is 3.83. The Labute approximate surface area is 164 Å². The molecule has 0 saturated carbocycles. The number of nitrogens with two attached hydrogens (primary N) is 1. The Balaban J connectivity index is 1.63. The Morgan fingerprint density at radius 1 is 1.21 bits per heavy atom. The van der Waals surface area contributed by atoms with Gasteiger partial charge in [-0.25, -0.2) is 0 Å². The molecule has 0 spiro atoms. The van der Waals surface area contributed by atoms with Crippen molar-refractivity contribution in [2.45, 2.75) is 39.3 Å². The number of benzene rings is 2. The van der Waals surface area contributed by atoms with Crippen molar-refractivity contribution in [3.8, 4) is 0 Å². The highest BCUT2D eigenvalue weighted by Gasteiger charge is 2.14. The van der Waals surface area contributed by atoms with Crippen LogP contribution in [0.4, 0.5) is 5.69 Å². The van der Waals surface area contributed by atoms with Crippen molar-refractivity contribution < 1.29 is 9.76 Å². The minimum Gasteiger partial charge on any atom is -0.389 e. The van der Waals surface area contributed by atoms with Gasteiger partial charge in [0.2, 0.25) is 0 Å². The molecule has 0 atom stereocenters. The van der Waals surface area contributed by atoms with Crippen LogP contribution in [0.25, 0.3) is 0 Å². The number of hydrogen-bond donors (Lipinski definition) is 1. The number of nitrogens with zero attached hydrogens (tertiary/aromatic N) is 3. The van der Waals surface area contributed by atoms with E-state index in [-0.39, 0.29) is 12.3 Å². The van der Waals surface area contributed by atoms with Crippen molar-refractivity contribution in [2.75, 3.05) is 13.1 Å². The minimum absolute atomic E-state index is 0.0727. The van der Waals surface area contributed by atoms with Gasteiger partial charge in [0.05, 0.1) is 4.92 Å². The molecule has 0 bridgehead atoms. The Kier molecular flexibility index (Phi) is 6.60. The van der Waals surface area contributed by atoms with Crippen molar-refractivity contribution in [1.29, 1.82) is 0 Å². The average Bonchev–Trinajstić information content (AvgIpc) is 2.70. The Morgan fingerprint density at radius 2 is 1.96 bits per heavy atom. The smallest absolute Gasteiger partial charge is 0.272 e. The second kappa shape index (κ2) is 9.32. The van der Waals surface area contributed by atoms with Crippen molar-refractivity contribution in [3.05, 3.63) is 74.8 Å². The van der Waals surface area contributed by atoms with E-state index in [2.05, 4.69) is 16.1 Å². The summed E-state index contributed by atoms with van der Waals surface area (Å²) >= 11 is 0. The molecular formula is C21H26N4O3. The van der Waals surface area contributed by atoms with E-state index in [0.29, 0.717) is 17.0 Å². The van der Waals surface area contributed by atoms with E-state index in [1.54, 1.807) is 19.1 Å². The number of piperidine rings is 1. The van der Waals surface area contributed by atoms with Crippen LogP contribution in [0.2, 0.25) is 0 Å². The Morgan fingerprint density at radius 3 is 2.71 bits per heavy atom. The average molecular weight is 382 g/mol. The predicted octanol–water partition coefficient (Wildman–Crippen LogP) is 3.73. The maximum Gasteiger partial charge on any atom is 0.272 e. The minimum atomic E-state index is -0.399. The molecule has 0 unspecified atom stereocenters. The molecule has 1 aliphatic rings. The van der Waals surface area contributed by atoms with Crippen LogP contribution in [0.5, 0.6) is 0 Å². The predicted molar refractivity (Wildman–Crippen MR) is 109 cm³/mol. The van der Waals surface area contributed by atoms with Crippen LogP contribution < -0.4 is 5.73 Å². The molecule has 3 rings (SSSR count). The van der Waals surface area contributed by atoms with Crippen molar-refractivity contribution in [2.24, 2.45) is 10.9 Å². The Hall–Kier alpha value is -2.93. The molecule has 1 saturated heterocycles. The van der Waals surface area contributed by atoms with Crippen molar-refractivity contribution >= 4 is 11.5 Å². The first-order valence-electron chi connectivity index (χ1n) is 9.54. The highest BCUT2D eigenvalue weighted by atomic mass is 16.6. The van der Waals surface area contributed by atoms with Crippen LogP contribution in [-0.4, -0.2) is 28.7 Å². The maximum atomic E-state index is 11.0. The molecule has 148 valence electrons. The summed E-state index contributed by atoms with van der Waals surface area (Å²) in [5.74, 6) is 0.295. The van der Waals surface area contributed by atoms with Gasteiger partial charge in [-0.1, -0.05) is 41.9 Å². The molecule has 2 N–H and O–H groups in total. The van der Waals surface area contributed by atoms with E-state index in [4.69, 9.17) is 10.6 Å². The second-order valence-corrected chi connectivity index (χ2v) is 7.11. The fourth-order valence-electron chi connectivity index (χ4n) is 3.45. The first-order chi connectivity index (χ1) is 13.5. The third-order valence-electron chi connectivity index (χ3n) is 5.07. The van der Waals surface area contributed by atoms with Gasteiger partial charge in [-0.3, -0.25) is 15.0 Å². The van der Waals surface area contributed by atoms with Gasteiger partial charge in [0.1, 0.15) is 6.61 Å². The standard InChI is InChI=1S/C21H26N4O3/c1-16-19(9-6-10-20(16)25(26)27)15-28-23-21(22)18-8-5-7-17(13-18)14-24-11-3-2-4-12-24/h5-10,13H,2-4,11-12,14-15H2,1H3,(H2,22,23). The SMILES string of the molecule is Cc1c(CO/N=C(/N)c2cccc(CN3CCCCC3)c2)cccc1[N+](=O)[O-]. The van der Waals surface area contributed by atoms with E-state index in [0.717, 1.165) is 25.2 Å². The normalized spacial score (nSPS) is 15.4. The topological polar surface area (TPSA) is 94.0 Å². The van der Waals surface area contributed by atoms with Gasteiger partial charge in [-0.15, -0.1) is 0 Å². The zero-order chi connectivity index (χ0) is 19.9. The number of rotatable bonds is 7. The summed E-state index contributed by atoms with van der Waals surface area (Å²) in [4.78, 5) is 18.5. The maximum absolute atomic E-state index is 11.0. The van der Waals surface area contributed by atoms with Gasteiger partial charge in [-0.05, 0) is 44.5 Å². The van der Waals surface area contributed by atoms with Crippen LogP contribution in [0.1, 0.15) is 41.5 Å². The second-order valence-electron chi connectivity index (χ2n) is 7.11. The largest absolute Gasteiger partial charge is 0.389 e. The highest BCUT2D eigenvalue weighted by Crippen LogP contribution is 2.21. The van der Waals surface area contributed by atoms with Crippen LogP contribution in [0.3, 0.4) is 0 Å². The fourth-order valence-corrected chi connectivity index (χ4v) is 3.45. The molecular weight excluding hydrogens is 356 g/mol. The molecule has 0 aliphatic carbocycles. The van der Waals surface area contributed by atoms with Gasteiger partial charge in [0.15, 0.2) is 5.84 Å². The quantitative estimate of drug-likeness (QED) is 0.341. The number of hydrogen-bond acceptors (Lipinski definition) is 5. The molecule has 7 nitrogen and oxygen atoms in total. The van der Waals surface area contributed by atoms with Crippen molar-refractivity contribution in [1.82, 2.24) is 4.90 Å². The summed E-state index contributed by atoms with van der Waals surface area (Å²) in [6, 6.07) is 12.9. The first kappa shape index (κ1) is 19.8. The van der Waals surface area contributed by atoms with Gasteiger partial charge in [0, 0.05) is 29.3 Å². The lowest BCUT2D eigenvalue weighted by Gasteiger charge is -2.26. The summed E-state index contributed by atoms with van der Waals surface area (Å²) < 4.78 is 0. The summed E-state index contributed by atoms with van der Waals surface area (Å²) in [7, 11) is 0. The third-order valence-corrected chi connectivity index (χ3v) is 5.07. The zero-order valence-electron chi connectivity index (χ0n) is 16.1. The molecule has 2 aromatic carbocycles. The van der Waals surface area contributed by atoms with Crippen LogP contribution in [0.15, 0.2) is 47.6 Å². The molecule has 1 fully saturated rings. The monoisotopic (exact) mass is 382 g/mol. The molecule has 1 aliphatic heterocycles. The van der Waals surface area contributed by atoms with Crippen LogP contribution in [0, 0.1) is 17.0 Å². The third kappa shape index (κ3) is 5.07. The zero-order valence-corrected chi connectivity index (χ0v) is 16.1. The fraction of sp³-hybridized carbons (Fsp3) is 0.381. The van der Waals surface area contributed by atoms with Gasteiger partial charge in [-0.2, -0.15) is 0 Å². The lowest BCUT2D eigenvalue weighted by Crippen LogP contribution is -2.29. The molecule has 7 heteroatoms. The number of oxime groups is 1. The van der Waals surface area contributed by atoms with E-state index in [1.807, 2.05) is 18.2 Å². The van der Waals surface area contributed by atoms with E-state index >= 15 is 0 Å². The Bertz CT molecular complexity index is 860. The van der Waals surface area contributed by atoms with Crippen LogP contribution in [-0.2, 0) is 18.0 Å². The van der Waals surface area contributed by atoms with Gasteiger partial charge >= 0.3 is 0 Å². The molecule has 0 radical (unpaired) electrons. The van der Waals surface area contributed by atoms with E-state index in [9.17, 15) is 10.1 Å². The highest BCUT2D eigenvalue weighted by molar-refractivity contribution is 5.97. The van der Waals surface area contributed by atoms with E-state index in [1.165, 1.54) is 30.9 Å². The van der Waals surface area contributed by atoms with Crippen LogP contribution >= 0.6 is 0 Å². The lowest BCUT2D eigenvalue weighted by atomic mass is 10.1. The summed E-state index contributed by atoms with van der Waals surface area (Å²) in [5.41, 5.74) is 9.45. The number of nitro benzene ring substituents is 1. The number of amidine groups is 1. The molecule has 1 heterocycles. The van der Waals surface area contributed by atoms with E-state index < -0.39 is 4.92 Å². The first-order valence-corrected chi connectivity index (χ1v) is 9.54.